The molecule has 94 valence electrons. The highest BCUT2D eigenvalue weighted by atomic mass is 32.2. The van der Waals surface area contributed by atoms with Crippen molar-refractivity contribution in [3.8, 4) is 0 Å². The van der Waals surface area contributed by atoms with Crippen molar-refractivity contribution in [3.05, 3.63) is 12.4 Å². The third-order valence-corrected chi connectivity index (χ3v) is 5.00. The highest BCUT2D eigenvalue weighted by Gasteiger charge is 2.24. The second-order valence-electron chi connectivity index (χ2n) is 4.26. The van der Waals surface area contributed by atoms with Crippen LogP contribution in [0, 0.1) is 0 Å². The summed E-state index contributed by atoms with van der Waals surface area (Å²) in [5.41, 5.74) is 0. The fourth-order valence-corrected chi connectivity index (χ4v) is 3.58. The predicted octanol–water partition coefficient (Wildman–Crippen LogP) is 3.28. The van der Waals surface area contributed by atoms with E-state index < -0.39 is 0 Å². The molecule has 1 aliphatic rings. The molecule has 3 nitrogen and oxygen atoms in total. The Morgan fingerprint density at radius 3 is 2.82 bits per heavy atom. The van der Waals surface area contributed by atoms with Gasteiger partial charge in [-0.25, -0.2) is 9.97 Å². The Kier molecular flexibility index (Phi) is 4.98. The van der Waals surface area contributed by atoms with Crippen molar-refractivity contribution in [1.29, 1.82) is 0 Å². The second kappa shape index (κ2) is 6.50. The third-order valence-electron chi connectivity index (χ3n) is 3.19. The maximum atomic E-state index is 4.31. The van der Waals surface area contributed by atoms with Crippen LogP contribution in [0.25, 0.3) is 0 Å². The Morgan fingerprint density at radius 1 is 1.24 bits per heavy atom. The molecule has 1 heterocycles. The van der Waals surface area contributed by atoms with Crippen LogP contribution in [0.1, 0.15) is 25.7 Å². The maximum Gasteiger partial charge on any atom is 0.130 e. The fourth-order valence-electron chi connectivity index (χ4n) is 2.26. The minimum Gasteiger partial charge on any atom is -0.366 e. The molecule has 1 aromatic rings. The second-order valence-corrected chi connectivity index (χ2v) is 6.16. The van der Waals surface area contributed by atoms with Crippen molar-refractivity contribution >= 4 is 29.3 Å². The van der Waals surface area contributed by atoms with Gasteiger partial charge < -0.3 is 5.32 Å². The van der Waals surface area contributed by atoms with Crippen LogP contribution in [-0.4, -0.2) is 33.8 Å². The normalized spacial score (nSPS) is 24.6. The Morgan fingerprint density at radius 2 is 2.06 bits per heavy atom. The standard InChI is InChI=1S/C12H19N3S2/c1-16-10-6-4-3-5-9(10)15-11-7-12(17-2)14-8-13-11/h7-10H,3-6H2,1-2H3,(H,13,14,15). The van der Waals surface area contributed by atoms with Gasteiger partial charge in [-0.05, 0) is 25.4 Å². The van der Waals surface area contributed by atoms with Gasteiger partial charge in [0.2, 0.25) is 0 Å². The molecule has 1 aliphatic carbocycles. The molecular weight excluding hydrogens is 250 g/mol. The number of hydrogen-bond donors (Lipinski definition) is 1. The lowest BCUT2D eigenvalue weighted by Crippen LogP contribution is -2.34. The molecular formula is C12H19N3S2. The Labute approximate surface area is 112 Å². The summed E-state index contributed by atoms with van der Waals surface area (Å²) in [6.45, 7) is 0. The summed E-state index contributed by atoms with van der Waals surface area (Å²) in [6.07, 6.45) is 11.2. The van der Waals surface area contributed by atoms with Gasteiger partial charge in [0.25, 0.3) is 0 Å². The van der Waals surface area contributed by atoms with Crippen LogP contribution in [-0.2, 0) is 0 Å². The fraction of sp³-hybridized carbons (Fsp3) is 0.667. The van der Waals surface area contributed by atoms with Crippen LogP contribution in [0.2, 0.25) is 0 Å². The van der Waals surface area contributed by atoms with Crippen LogP contribution in [0.4, 0.5) is 5.82 Å². The van der Waals surface area contributed by atoms with Gasteiger partial charge in [0.05, 0.1) is 0 Å². The number of thioether (sulfide) groups is 2. The zero-order chi connectivity index (χ0) is 12.1. The Hall–Kier alpha value is -0.420. The topological polar surface area (TPSA) is 37.8 Å². The van der Waals surface area contributed by atoms with Crippen LogP contribution in [0.5, 0.6) is 0 Å². The van der Waals surface area contributed by atoms with E-state index in [4.69, 9.17) is 0 Å². The molecule has 1 aromatic heterocycles. The first kappa shape index (κ1) is 13.0. The number of anilines is 1. The molecule has 5 heteroatoms. The number of aromatic nitrogens is 2. The lowest BCUT2D eigenvalue weighted by Gasteiger charge is -2.31. The van der Waals surface area contributed by atoms with Crippen LogP contribution < -0.4 is 5.32 Å². The highest BCUT2D eigenvalue weighted by Crippen LogP contribution is 2.29. The first-order valence-electron chi connectivity index (χ1n) is 5.99. The molecule has 0 bridgehead atoms. The summed E-state index contributed by atoms with van der Waals surface area (Å²) in [5, 5.41) is 5.32. The smallest absolute Gasteiger partial charge is 0.130 e. The minimum atomic E-state index is 0.559. The van der Waals surface area contributed by atoms with Gasteiger partial charge >= 0.3 is 0 Å². The summed E-state index contributed by atoms with van der Waals surface area (Å²) >= 11 is 3.63. The predicted molar refractivity (Wildman–Crippen MR) is 77.0 cm³/mol. The largest absolute Gasteiger partial charge is 0.366 e. The zero-order valence-electron chi connectivity index (χ0n) is 10.3. The lowest BCUT2D eigenvalue weighted by atomic mass is 9.95. The maximum absolute atomic E-state index is 4.31. The summed E-state index contributed by atoms with van der Waals surface area (Å²) in [4.78, 5) is 8.50. The van der Waals surface area contributed by atoms with Crippen LogP contribution in [0.15, 0.2) is 17.4 Å². The highest BCUT2D eigenvalue weighted by molar-refractivity contribution is 7.99. The van der Waals surface area contributed by atoms with Crippen molar-refractivity contribution in [2.45, 2.75) is 42.0 Å². The molecule has 0 saturated heterocycles. The molecule has 0 radical (unpaired) electrons. The molecule has 1 fully saturated rings. The van der Waals surface area contributed by atoms with E-state index in [9.17, 15) is 0 Å². The quantitative estimate of drug-likeness (QED) is 0.670. The lowest BCUT2D eigenvalue weighted by molar-refractivity contribution is 0.474. The van der Waals surface area contributed by atoms with E-state index >= 15 is 0 Å². The van der Waals surface area contributed by atoms with Gasteiger partial charge in [-0.3, -0.25) is 0 Å². The summed E-state index contributed by atoms with van der Waals surface area (Å²) < 4.78 is 0. The molecule has 0 amide bonds. The van der Waals surface area contributed by atoms with E-state index in [0.29, 0.717) is 6.04 Å². The number of nitrogens with zero attached hydrogens (tertiary/aromatic N) is 2. The summed E-state index contributed by atoms with van der Waals surface area (Å²) in [5.74, 6) is 0.968. The van der Waals surface area contributed by atoms with Crippen molar-refractivity contribution in [2.24, 2.45) is 0 Å². The number of rotatable bonds is 4. The molecule has 2 atom stereocenters. The van der Waals surface area contributed by atoms with E-state index in [1.807, 2.05) is 24.1 Å². The first-order chi connectivity index (χ1) is 8.33. The van der Waals surface area contributed by atoms with Gasteiger partial charge in [-0.2, -0.15) is 11.8 Å². The molecule has 1 saturated carbocycles. The average molecular weight is 269 g/mol. The van der Waals surface area contributed by atoms with Crippen molar-refractivity contribution in [1.82, 2.24) is 9.97 Å². The molecule has 17 heavy (non-hydrogen) atoms. The number of hydrogen-bond acceptors (Lipinski definition) is 5. The van der Waals surface area contributed by atoms with Gasteiger partial charge in [-0.1, -0.05) is 12.8 Å². The Bertz CT molecular complexity index is 359. The molecule has 0 aromatic carbocycles. The van der Waals surface area contributed by atoms with Gasteiger partial charge in [0, 0.05) is 17.4 Å². The minimum absolute atomic E-state index is 0.559. The monoisotopic (exact) mass is 269 g/mol. The SMILES string of the molecule is CSc1cc(NC2CCCCC2SC)ncn1. The van der Waals surface area contributed by atoms with E-state index in [0.717, 1.165) is 16.1 Å². The van der Waals surface area contributed by atoms with Crippen LogP contribution >= 0.6 is 23.5 Å². The van der Waals surface area contributed by atoms with Gasteiger partial charge in [0.1, 0.15) is 17.2 Å². The molecule has 2 rings (SSSR count). The first-order valence-corrected chi connectivity index (χ1v) is 8.50. The third kappa shape index (κ3) is 3.52. The molecule has 0 aliphatic heterocycles. The van der Waals surface area contributed by atoms with E-state index in [-0.39, 0.29) is 0 Å². The van der Waals surface area contributed by atoms with E-state index in [1.165, 1.54) is 25.7 Å². The zero-order valence-corrected chi connectivity index (χ0v) is 12.0. The molecule has 1 N–H and O–H groups in total. The van der Waals surface area contributed by atoms with Crippen molar-refractivity contribution in [3.63, 3.8) is 0 Å². The number of nitrogens with one attached hydrogen (secondary N) is 1. The Balaban J connectivity index is 2.02. The van der Waals surface area contributed by atoms with Crippen molar-refractivity contribution < 1.29 is 0 Å². The van der Waals surface area contributed by atoms with Crippen molar-refractivity contribution in [2.75, 3.05) is 17.8 Å². The van der Waals surface area contributed by atoms with Crippen LogP contribution in [0.3, 0.4) is 0 Å². The van der Waals surface area contributed by atoms with Gasteiger partial charge in [-0.15, -0.1) is 11.8 Å². The average Bonchev–Trinajstić information content (AvgIpc) is 2.39. The summed E-state index contributed by atoms with van der Waals surface area (Å²) in [6, 6.07) is 2.60. The molecule has 2 unspecified atom stereocenters. The molecule has 0 spiro atoms. The summed E-state index contributed by atoms with van der Waals surface area (Å²) in [7, 11) is 0. The van der Waals surface area contributed by atoms with E-state index in [2.05, 4.69) is 21.5 Å². The van der Waals surface area contributed by atoms with E-state index in [1.54, 1.807) is 18.1 Å². The van der Waals surface area contributed by atoms with Gasteiger partial charge in [0.15, 0.2) is 0 Å².